The second kappa shape index (κ2) is 6.74. The smallest absolute Gasteiger partial charge is 0.255 e. The third kappa shape index (κ3) is 3.12. The molecule has 0 radical (unpaired) electrons. The minimum Gasteiger partial charge on any atom is -0.459 e. The number of carbonyl (C=O) groups is 1. The fourth-order valence-electron chi connectivity index (χ4n) is 2.62. The summed E-state index contributed by atoms with van der Waals surface area (Å²) < 4.78 is 16.1. The van der Waals surface area contributed by atoms with E-state index in [0.717, 1.165) is 5.56 Å². The standard InChI is InChI=1S/C19H14ClNO5/c20-14-4-1-11(16-6-3-13(9-22)26-16)7-15(14)21-19(23)12-2-5-17-18(8-12)25-10-24-17/h1-8,22H,9-10H2,(H,21,23). The summed E-state index contributed by atoms with van der Waals surface area (Å²) in [6.45, 7) is -0.0332. The number of benzene rings is 2. The molecule has 1 aromatic heterocycles. The summed E-state index contributed by atoms with van der Waals surface area (Å²) >= 11 is 6.21. The maximum Gasteiger partial charge on any atom is 0.255 e. The summed E-state index contributed by atoms with van der Waals surface area (Å²) in [6, 6.07) is 13.6. The van der Waals surface area contributed by atoms with Gasteiger partial charge in [0, 0.05) is 11.1 Å². The SMILES string of the molecule is O=C(Nc1cc(-c2ccc(CO)o2)ccc1Cl)c1ccc2c(c1)OCO2. The lowest BCUT2D eigenvalue weighted by atomic mass is 10.1. The highest BCUT2D eigenvalue weighted by Crippen LogP contribution is 2.34. The number of hydrogen-bond donors (Lipinski definition) is 2. The third-order valence-corrected chi connectivity index (χ3v) is 4.28. The molecule has 0 saturated carbocycles. The van der Waals surface area contributed by atoms with Gasteiger partial charge in [0.1, 0.15) is 18.1 Å². The minimum absolute atomic E-state index is 0.146. The Kier molecular flexibility index (Phi) is 4.28. The Hall–Kier alpha value is -2.96. The summed E-state index contributed by atoms with van der Waals surface area (Å²) in [4.78, 5) is 12.5. The molecule has 2 aromatic carbocycles. The Labute approximate surface area is 153 Å². The van der Waals surface area contributed by atoms with Crippen molar-refractivity contribution in [1.29, 1.82) is 0 Å². The molecule has 1 aliphatic heterocycles. The molecule has 0 fully saturated rings. The van der Waals surface area contributed by atoms with Gasteiger partial charge in [-0.2, -0.15) is 0 Å². The van der Waals surface area contributed by atoms with Crippen LogP contribution in [0.2, 0.25) is 5.02 Å². The molecule has 132 valence electrons. The quantitative estimate of drug-likeness (QED) is 0.722. The maximum atomic E-state index is 12.5. The van der Waals surface area contributed by atoms with Crippen LogP contribution in [0.25, 0.3) is 11.3 Å². The van der Waals surface area contributed by atoms with Gasteiger partial charge in [-0.3, -0.25) is 4.79 Å². The number of ether oxygens (including phenoxy) is 2. The zero-order chi connectivity index (χ0) is 18.1. The molecular weight excluding hydrogens is 358 g/mol. The van der Waals surface area contributed by atoms with Crippen molar-refractivity contribution in [3.63, 3.8) is 0 Å². The molecule has 1 aliphatic rings. The third-order valence-electron chi connectivity index (χ3n) is 3.95. The summed E-state index contributed by atoms with van der Waals surface area (Å²) in [5.41, 5.74) is 1.61. The van der Waals surface area contributed by atoms with Crippen LogP contribution < -0.4 is 14.8 Å². The Balaban J connectivity index is 1.59. The second-order valence-corrected chi connectivity index (χ2v) is 6.05. The van der Waals surface area contributed by atoms with Gasteiger partial charge < -0.3 is 24.3 Å². The topological polar surface area (TPSA) is 80.9 Å². The number of hydrogen-bond acceptors (Lipinski definition) is 5. The van der Waals surface area contributed by atoms with Crippen LogP contribution in [0.15, 0.2) is 52.9 Å². The van der Waals surface area contributed by atoms with Gasteiger partial charge in [-0.05, 0) is 48.5 Å². The number of amides is 1. The molecule has 0 atom stereocenters. The van der Waals surface area contributed by atoms with Gasteiger partial charge in [0.2, 0.25) is 6.79 Å². The van der Waals surface area contributed by atoms with E-state index in [1.807, 2.05) is 0 Å². The van der Waals surface area contributed by atoms with Crippen molar-refractivity contribution >= 4 is 23.2 Å². The van der Waals surface area contributed by atoms with Crippen molar-refractivity contribution in [3.05, 3.63) is 64.9 Å². The summed E-state index contributed by atoms with van der Waals surface area (Å²) in [7, 11) is 0. The number of fused-ring (bicyclic) bond motifs is 1. The first-order chi connectivity index (χ1) is 12.6. The van der Waals surface area contributed by atoms with E-state index in [9.17, 15) is 4.79 Å². The number of furan rings is 1. The van der Waals surface area contributed by atoms with Crippen molar-refractivity contribution in [2.75, 3.05) is 12.1 Å². The van der Waals surface area contributed by atoms with Gasteiger partial charge in [-0.15, -0.1) is 0 Å². The van der Waals surface area contributed by atoms with Crippen molar-refractivity contribution in [3.8, 4) is 22.8 Å². The van der Waals surface area contributed by atoms with Gasteiger partial charge >= 0.3 is 0 Å². The van der Waals surface area contributed by atoms with E-state index >= 15 is 0 Å². The first-order valence-corrected chi connectivity index (χ1v) is 8.22. The van der Waals surface area contributed by atoms with E-state index in [1.165, 1.54) is 0 Å². The Morgan fingerprint density at radius 2 is 1.92 bits per heavy atom. The first kappa shape index (κ1) is 16.5. The van der Waals surface area contributed by atoms with Gasteiger partial charge in [0.25, 0.3) is 5.91 Å². The summed E-state index contributed by atoms with van der Waals surface area (Å²) in [6.07, 6.45) is 0. The second-order valence-electron chi connectivity index (χ2n) is 5.64. The number of aliphatic hydroxyl groups is 1. The monoisotopic (exact) mass is 371 g/mol. The van der Waals surface area contributed by atoms with Crippen LogP contribution in [0.5, 0.6) is 11.5 Å². The van der Waals surface area contributed by atoms with Crippen molar-refractivity contribution in [2.45, 2.75) is 6.61 Å². The minimum atomic E-state index is -0.321. The van der Waals surface area contributed by atoms with Crippen molar-refractivity contribution < 1.29 is 23.8 Å². The average Bonchev–Trinajstić information content (AvgIpc) is 3.31. The molecule has 3 aromatic rings. The first-order valence-electron chi connectivity index (χ1n) is 7.84. The molecular formula is C19H14ClNO5. The van der Waals surface area contributed by atoms with E-state index in [1.54, 1.807) is 48.5 Å². The summed E-state index contributed by atoms with van der Waals surface area (Å²) in [5, 5.41) is 12.3. The fraction of sp³-hybridized carbons (Fsp3) is 0.105. The fourth-order valence-corrected chi connectivity index (χ4v) is 2.79. The highest BCUT2D eigenvalue weighted by Gasteiger charge is 2.17. The van der Waals surface area contributed by atoms with E-state index in [4.69, 9.17) is 30.6 Å². The molecule has 0 bridgehead atoms. The van der Waals surface area contributed by atoms with Crippen LogP contribution in [-0.4, -0.2) is 17.8 Å². The molecule has 0 saturated heterocycles. The van der Waals surface area contributed by atoms with Crippen LogP contribution in [0.1, 0.15) is 16.1 Å². The number of halogens is 1. The largest absolute Gasteiger partial charge is 0.459 e. The lowest BCUT2D eigenvalue weighted by Gasteiger charge is -2.09. The maximum absolute atomic E-state index is 12.5. The molecule has 6 nitrogen and oxygen atoms in total. The molecule has 0 spiro atoms. The molecule has 26 heavy (non-hydrogen) atoms. The molecule has 2 N–H and O–H groups in total. The number of carbonyl (C=O) groups excluding carboxylic acids is 1. The molecule has 0 unspecified atom stereocenters. The number of nitrogens with one attached hydrogen (secondary N) is 1. The van der Waals surface area contributed by atoms with Crippen LogP contribution in [-0.2, 0) is 6.61 Å². The van der Waals surface area contributed by atoms with Crippen LogP contribution >= 0.6 is 11.6 Å². The van der Waals surface area contributed by atoms with Crippen molar-refractivity contribution in [1.82, 2.24) is 0 Å². The Morgan fingerprint density at radius 1 is 1.08 bits per heavy atom. The Morgan fingerprint density at radius 3 is 2.73 bits per heavy atom. The van der Waals surface area contributed by atoms with Crippen LogP contribution in [0.3, 0.4) is 0 Å². The Bertz CT molecular complexity index is 982. The number of aliphatic hydroxyl groups excluding tert-OH is 1. The van der Waals surface area contributed by atoms with Crippen LogP contribution in [0, 0.1) is 0 Å². The lowest BCUT2D eigenvalue weighted by Crippen LogP contribution is -2.12. The number of rotatable bonds is 4. The average molecular weight is 372 g/mol. The van der Waals surface area contributed by atoms with Gasteiger partial charge in [0.05, 0.1) is 10.7 Å². The van der Waals surface area contributed by atoms with Crippen LogP contribution in [0.4, 0.5) is 5.69 Å². The van der Waals surface area contributed by atoms with E-state index < -0.39 is 0 Å². The molecule has 2 heterocycles. The normalized spacial score (nSPS) is 12.2. The zero-order valence-electron chi connectivity index (χ0n) is 13.5. The number of anilines is 1. The highest BCUT2D eigenvalue weighted by molar-refractivity contribution is 6.34. The van der Waals surface area contributed by atoms with Gasteiger partial charge in [-0.25, -0.2) is 0 Å². The highest BCUT2D eigenvalue weighted by atomic mass is 35.5. The lowest BCUT2D eigenvalue weighted by molar-refractivity contribution is 0.102. The van der Waals surface area contributed by atoms with Gasteiger partial charge in [-0.1, -0.05) is 11.6 Å². The predicted octanol–water partition coefficient (Wildman–Crippen LogP) is 4.07. The predicted molar refractivity (Wildman–Crippen MR) is 95.6 cm³/mol. The van der Waals surface area contributed by atoms with E-state index in [0.29, 0.717) is 39.3 Å². The zero-order valence-corrected chi connectivity index (χ0v) is 14.2. The van der Waals surface area contributed by atoms with E-state index in [2.05, 4.69) is 5.32 Å². The molecule has 7 heteroatoms. The van der Waals surface area contributed by atoms with Gasteiger partial charge in [0.15, 0.2) is 11.5 Å². The molecule has 0 aliphatic carbocycles. The molecule has 1 amide bonds. The molecule has 4 rings (SSSR count). The van der Waals surface area contributed by atoms with Crippen molar-refractivity contribution in [2.24, 2.45) is 0 Å². The summed E-state index contributed by atoms with van der Waals surface area (Å²) in [5.74, 6) is 1.85. The van der Waals surface area contributed by atoms with E-state index in [-0.39, 0.29) is 19.3 Å².